The summed E-state index contributed by atoms with van der Waals surface area (Å²) in [6.07, 6.45) is 0.0627. The molecule has 3 aromatic rings. The molecule has 2 aromatic carbocycles. The summed E-state index contributed by atoms with van der Waals surface area (Å²) < 4.78 is 0. The molecule has 11 heteroatoms. The molecule has 0 saturated heterocycles. The van der Waals surface area contributed by atoms with E-state index in [0.717, 1.165) is 0 Å². The predicted molar refractivity (Wildman–Crippen MR) is 139 cm³/mol. The van der Waals surface area contributed by atoms with Gasteiger partial charge < -0.3 is 20.8 Å². The van der Waals surface area contributed by atoms with E-state index < -0.39 is 35.5 Å². The molecule has 4 rings (SSSR count). The summed E-state index contributed by atoms with van der Waals surface area (Å²) in [6, 6.07) is 12.6. The molecule has 4 N–H and O–H groups in total. The SMILES string of the molecule is O=C(N[C@@H]1CC1(NC(=O)c1c(Cl)cc(CCC(O)c2cccc(Cl)c2)cc1Cl)C(=O)O)c1cccs1. The van der Waals surface area contributed by atoms with E-state index in [9.17, 15) is 24.6 Å². The molecule has 2 unspecified atom stereocenters. The molecule has 1 heterocycles. The highest BCUT2D eigenvalue weighted by Crippen LogP contribution is 2.38. The third-order valence-electron chi connectivity index (χ3n) is 6.00. The lowest BCUT2D eigenvalue weighted by atomic mass is 10.0. The highest BCUT2D eigenvalue weighted by molar-refractivity contribution is 7.12. The average molecular weight is 568 g/mol. The Morgan fingerprint density at radius 2 is 1.78 bits per heavy atom. The fraction of sp³-hybridized carbons (Fsp3) is 0.240. The molecule has 0 aliphatic heterocycles. The number of aliphatic hydroxyl groups is 1. The van der Waals surface area contributed by atoms with Crippen LogP contribution in [0.2, 0.25) is 15.1 Å². The van der Waals surface area contributed by atoms with Crippen LogP contribution in [0.15, 0.2) is 53.9 Å². The number of nitrogens with one attached hydrogen (secondary N) is 2. The van der Waals surface area contributed by atoms with E-state index in [1.807, 2.05) is 0 Å². The van der Waals surface area contributed by atoms with Crippen LogP contribution in [-0.2, 0) is 11.2 Å². The highest BCUT2D eigenvalue weighted by Gasteiger charge is 2.63. The van der Waals surface area contributed by atoms with Gasteiger partial charge in [0, 0.05) is 11.4 Å². The molecule has 1 saturated carbocycles. The van der Waals surface area contributed by atoms with Crippen molar-refractivity contribution in [3.05, 3.63) is 90.5 Å². The van der Waals surface area contributed by atoms with Crippen LogP contribution in [0, 0.1) is 0 Å². The summed E-state index contributed by atoms with van der Waals surface area (Å²) in [5.41, 5.74) is -0.340. The minimum Gasteiger partial charge on any atom is -0.479 e. The molecule has 1 fully saturated rings. The van der Waals surface area contributed by atoms with E-state index in [-0.39, 0.29) is 22.0 Å². The van der Waals surface area contributed by atoms with Crippen LogP contribution in [0.1, 0.15) is 50.1 Å². The third-order valence-corrected chi connectivity index (χ3v) is 7.70. The molecule has 2 amide bonds. The van der Waals surface area contributed by atoms with Crippen molar-refractivity contribution in [2.24, 2.45) is 0 Å². The zero-order valence-corrected chi connectivity index (χ0v) is 21.7. The van der Waals surface area contributed by atoms with Crippen LogP contribution in [0.4, 0.5) is 0 Å². The monoisotopic (exact) mass is 566 g/mol. The van der Waals surface area contributed by atoms with Gasteiger partial charge in [0.2, 0.25) is 0 Å². The standard InChI is InChI=1S/C25H21Cl3N2O5S/c26-15-4-1-3-14(11-15)18(31)7-6-13-9-16(27)21(17(28)10-13)23(33)30-25(24(34)35)12-20(25)29-22(32)19-5-2-8-36-19/h1-5,8-11,18,20,31H,6-7,12H2,(H,29,32)(H,30,33)(H,34,35)/t18?,20-,25?/m1/s1. The largest absolute Gasteiger partial charge is 0.479 e. The molecule has 3 atom stereocenters. The molecule has 0 spiro atoms. The Kier molecular flexibility index (Phi) is 7.92. The number of hydrogen-bond acceptors (Lipinski definition) is 5. The summed E-state index contributed by atoms with van der Waals surface area (Å²) >= 11 is 19.9. The van der Waals surface area contributed by atoms with Gasteiger partial charge in [-0.2, -0.15) is 0 Å². The summed E-state index contributed by atoms with van der Waals surface area (Å²) in [7, 11) is 0. The lowest BCUT2D eigenvalue weighted by Crippen LogP contribution is -2.49. The van der Waals surface area contributed by atoms with Crippen molar-refractivity contribution in [2.75, 3.05) is 0 Å². The summed E-state index contributed by atoms with van der Waals surface area (Å²) in [4.78, 5) is 37.7. The van der Waals surface area contributed by atoms with Crippen molar-refractivity contribution in [3.8, 4) is 0 Å². The van der Waals surface area contributed by atoms with Gasteiger partial charge in [-0.05, 0) is 59.7 Å². The van der Waals surface area contributed by atoms with Crippen LogP contribution in [0.5, 0.6) is 0 Å². The lowest BCUT2D eigenvalue weighted by Gasteiger charge is -2.17. The Morgan fingerprint density at radius 1 is 1.06 bits per heavy atom. The molecule has 1 aliphatic rings. The number of aryl methyl sites for hydroxylation is 1. The normalized spacial score (nSPS) is 19.4. The molecule has 1 aliphatic carbocycles. The number of halogens is 3. The van der Waals surface area contributed by atoms with E-state index in [1.165, 1.54) is 11.3 Å². The number of aliphatic hydroxyl groups excluding tert-OH is 1. The minimum absolute atomic E-state index is 0.0277. The van der Waals surface area contributed by atoms with Gasteiger partial charge >= 0.3 is 5.97 Å². The number of carbonyl (C=O) groups excluding carboxylic acids is 2. The van der Waals surface area contributed by atoms with Gasteiger partial charge in [0.1, 0.15) is 0 Å². The molecule has 36 heavy (non-hydrogen) atoms. The number of benzene rings is 2. The lowest BCUT2D eigenvalue weighted by molar-refractivity contribution is -0.140. The minimum atomic E-state index is -1.66. The Balaban J connectivity index is 1.43. The molecule has 188 valence electrons. The van der Waals surface area contributed by atoms with Gasteiger partial charge in [0.15, 0.2) is 5.54 Å². The first kappa shape index (κ1) is 26.4. The van der Waals surface area contributed by atoms with Gasteiger partial charge in [-0.3, -0.25) is 9.59 Å². The highest BCUT2D eigenvalue weighted by atomic mass is 35.5. The number of aliphatic carboxylic acids is 1. The summed E-state index contributed by atoms with van der Waals surface area (Å²) in [5.74, 6) is -2.44. The molecular weight excluding hydrogens is 547 g/mol. The molecule has 1 aromatic heterocycles. The number of hydrogen-bond donors (Lipinski definition) is 4. The van der Waals surface area contributed by atoms with Gasteiger partial charge in [-0.25, -0.2) is 4.79 Å². The van der Waals surface area contributed by atoms with Crippen LogP contribution in [0.25, 0.3) is 0 Å². The zero-order valence-electron chi connectivity index (χ0n) is 18.6. The second-order valence-electron chi connectivity index (χ2n) is 8.48. The molecular formula is C25H21Cl3N2O5S. The number of carboxylic acids is 1. The number of thiophene rings is 1. The number of amides is 2. The maximum atomic E-state index is 13.0. The first-order chi connectivity index (χ1) is 17.1. The van der Waals surface area contributed by atoms with Gasteiger partial charge in [0.25, 0.3) is 11.8 Å². The zero-order chi connectivity index (χ0) is 26.0. The van der Waals surface area contributed by atoms with E-state index >= 15 is 0 Å². The summed E-state index contributed by atoms with van der Waals surface area (Å²) in [5, 5.41) is 27.7. The van der Waals surface area contributed by atoms with Crippen LogP contribution >= 0.6 is 46.1 Å². The quantitative estimate of drug-likeness (QED) is 0.286. The topological polar surface area (TPSA) is 116 Å². The van der Waals surface area contributed by atoms with E-state index in [1.54, 1.807) is 53.9 Å². The van der Waals surface area contributed by atoms with Gasteiger partial charge in [0.05, 0.1) is 32.6 Å². The Hall–Kier alpha value is -2.62. The summed E-state index contributed by atoms with van der Waals surface area (Å²) in [6.45, 7) is 0. The van der Waals surface area contributed by atoms with Crippen molar-refractivity contribution in [1.82, 2.24) is 10.6 Å². The van der Waals surface area contributed by atoms with Gasteiger partial charge in [-0.15, -0.1) is 11.3 Å². The number of rotatable bonds is 9. The van der Waals surface area contributed by atoms with Crippen molar-refractivity contribution in [1.29, 1.82) is 0 Å². The van der Waals surface area contributed by atoms with Crippen molar-refractivity contribution in [3.63, 3.8) is 0 Å². The molecule has 0 bridgehead atoms. The van der Waals surface area contributed by atoms with E-state index in [4.69, 9.17) is 34.8 Å². The number of carboxylic acid groups (broad SMARTS) is 1. The van der Waals surface area contributed by atoms with E-state index in [2.05, 4.69) is 10.6 Å². The second-order valence-corrected chi connectivity index (χ2v) is 10.7. The average Bonchev–Trinajstić information content (AvgIpc) is 3.24. The Bertz CT molecular complexity index is 1290. The van der Waals surface area contributed by atoms with Crippen molar-refractivity contribution < 1.29 is 24.6 Å². The van der Waals surface area contributed by atoms with Crippen LogP contribution < -0.4 is 10.6 Å². The van der Waals surface area contributed by atoms with Crippen molar-refractivity contribution >= 4 is 63.9 Å². The van der Waals surface area contributed by atoms with E-state index in [0.29, 0.717) is 33.9 Å². The first-order valence-electron chi connectivity index (χ1n) is 10.9. The van der Waals surface area contributed by atoms with Crippen LogP contribution in [0.3, 0.4) is 0 Å². The number of carbonyl (C=O) groups is 3. The predicted octanol–water partition coefficient (Wildman–Crippen LogP) is 5.13. The van der Waals surface area contributed by atoms with Gasteiger partial charge in [-0.1, -0.05) is 53.0 Å². The fourth-order valence-corrected chi connectivity index (χ4v) is 5.47. The maximum Gasteiger partial charge on any atom is 0.331 e. The maximum absolute atomic E-state index is 13.0. The fourth-order valence-electron chi connectivity index (χ4n) is 3.94. The van der Waals surface area contributed by atoms with Crippen LogP contribution in [-0.4, -0.2) is 39.6 Å². The molecule has 7 nitrogen and oxygen atoms in total. The smallest absolute Gasteiger partial charge is 0.331 e. The molecule has 0 radical (unpaired) electrons. The second kappa shape index (κ2) is 10.8. The van der Waals surface area contributed by atoms with Crippen molar-refractivity contribution in [2.45, 2.75) is 36.9 Å². The third kappa shape index (κ3) is 5.68. The Morgan fingerprint density at radius 3 is 2.39 bits per heavy atom. The first-order valence-corrected chi connectivity index (χ1v) is 12.9. The Labute approximate surface area is 226 Å².